The molecule has 0 fully saturated rings. The van der Waals surface area contributed by atoms with E-state index in [1.165, 1.54) is 22.2 Å². The number of nitrogens with zero attached hydrogens (tertiary/aromatic N) is 3. The first-order valence-electron chi connectivity index (χ1n) is 9.76. The number of aromatic nitrogens is 3. The summed E-state index contributed by atoms with van der Waals surface area (Å²) in [5.41, 5.74) is 6.48. The summed E-state index contributed by atoms with van der Waals surface area (Å²) in [5, 5.41) is 4.85. The van der Waals surface area contributed by atoms with Crippen LogP contribution in [0.15, 0.2) is 48.5 Å². The van der Waals surface area contributed by atoms with Gasteiger partial charge in [-0.1, -0.05) is 30.3 Å². The fourth-order valence-electron chi connectivity index (χ4n) is 4.32. The van der Waals surface area contributed by atoms with Gasteiger partial charge in [0.15, 0.2) is 0 Å². The number of fused-ring (bicyclic) bond motifs is 4. The van der Waals surface area contributed by atoms with Gasteiger partial charge in [-0.05, 0) is 30.2 Å². The zero-order chi connectivity index (χ0) is 18.2. The quantitative estimate of drug-likeness (QED) is 0.452. The Balaban J connectivity index is 0.00000107. The molecular formula is C22H29Cl2N5O. The van der Waals surface area contributed by atoms with Gasteiger partial charge in [0.05, 0.1) is 11.0 Å². The van der Waals surface area contributed by atoms with Crippen LogP contribution in [0.3, 0.4) is 0 Å². The molecular weight excluding hydrogens is 421 g/mol. The summed E-state index contributed by atoms with van der Waals surface area (Å²) in [5.74, 6) is 0.867. The molecule has 0 saturated carbocycles. The monoisotopic (exact) mass is 449 g/mol. The first-order chi connectivity index (χ1) is 13.3. The van der Waals surface area contributed by atoms with Gasteiger partial charge >= 0.3 is 0 Å². The van der Waals surface area contributed by atoms with Gasteiger partial charge in [0.1, 0.15) is 0 Å². The summed E-state index contributed by atoms with van der Waals surface area (Å²) in [6.45, 7) is 4.23. The highest BCUT2D eigenvalue weighted by Crippen LogP contribution is 2.29. The van der Waals surface area contributed by atoms with E-state index in [0.717, 1.165) is 56.0 Å². The SMILES string of the molecule is Cl.Cl.Cn1c2c(c3ccccc31)CN(CCCNc1nc3ccccc3[nH]1)CC2.O. The number of para-hydroxylation sites is 3. The normalized spacial score (nSPS) is 13.2. The Morgan fingerprint density at radius 2 is 1.83 bits per heavy atom. The predicted molar refractivity (Wildman–Crippen MR) is 129 cm³/mol. The first kappa shape index (κ1) is 24.0. The summed E-state index contributed by atoms with van der Waals surface area (Å²) in [6.07, 6.45) is 2.24. The van der Waals surface area contributed by atoms with Gasteiger partial charge in [-0.2, -0.15) is 0 Å². The van der Waals surface area contributed by atoms with Crippen LogP contribution >= 0.6 is 24.8 Å². The molecule has 30 heavy (non-hydrogen) atoms. The van der Waals surface area contributed by atoms with Crippen molar-refractivity contribution in [3.8, 4) is 0 Å². The van der Waals surface area contributed by atoms with Crippen molar-refractivity contribution in [2.75, 3.05) is 25.0 Å². The van der Waals surface area contributed by atoms with Gasteiger partial charge in [0.25, 0.3) is 0 Å². The summed E-state index contributed by atoms with van der Waals surface area (Å²) in [7, 11) is 2.20. The Morgan fingerprint density at radius 3 is 2.67 bits per heavy atom. The fourth-order valence-corrected chi connectivity index (χ4v) is 4.32. The molecule has 3 heterocycles. The van der Waals surface area contributed by atoms with Crippen LogP contribution in [0.5, 0.6) is 0 Å². The van der Waals surface area contributed by atoms with Crippen LogP contribution in [0, 0.1) is 0 Å². The van der Waals surface area contributed by atoms with Gasteiger partial charge in [-0.3, -0.25) is 4.90 Å². The lowest BCUT2D eigenvalue weighted by Gasteiger charge is -2.27. The van der Waals surface area contributed by atoms with Gasteiger partial charge in [0, 0.05) is 56.2 Å². The van der Waals surface area contributed by atoms with Crippen LogP contribution in [0.25, 0.3) is 21.9 Å². The Labute approximate surface area is 188 Å². The molecule has 0 radical (unpaired) electrons. The summed E-state index contributed by atoms with van der Waals surface area (Å²) in [4.78, 5) is 10.5. The molecule has 1 aliphatic rings. The number of hydrogen-bond donors (Lipinski definition) is 2. The predicted octanol–water partition coefficient (Wildman–Crippen LogP) is 3.93. The number of hydrogen-bond acceptors (Lipinski definition) is 3. The molecule has 2 aromatic carbocycles. The summed E-state index contributed by atoms with van der Waals surface area (Å²) >= 11 is 0. The molecule has 0 saturated heterocycles. The lowest BCUT2D eigenvalue weighted by atomic mass is 10.0. The molecule has 0 bridgehead atoms. The molecule has 1 aliphatic heterocycles. The highest BCUT2D eigenvalue weighted by Gasteiger charge is 2.22. The van der Waals surface area contributed by atoms with Crippen molar-refractivity contribution in [1.29, 1.82) is 0 Å². The highest BCUT2D eigenvalue weighted by atomic mass is 35.5. The number of imidazole rings is 1. The van der Waals surface area contributed by atoms with Crippen molar-refractivity contribution in [2.24, 2.45) is 7.05 Å². The average Bonchev–Trinajstić information content (AvgIpc) is 3.25. The second-order valence-electron chi connectivity index (χ2n) is 7.41. The Hall–Kier alpha value is -2.25. The maximum absolute atomic E-state index is 4.58. The average molecular weight is 450 g/mol. The number of aromatic amines is 1. The van der Waals surface area contributed by atoms with Crippen LogP contribution in [0.4, 0.5) is 5.95 Å². The van der Waals surface area contributed by atoms with Crippen LogP contribution in [-0.4, -0.2) is 44.5 Å². The lowest BCUT2D eigenvalue weighted by Crippen LogP contribution is -2.32. The van der Waals surface area contributed by atoms with E-state index < -0.39 is 0 Å². The summed E-state index contributed by atoms with van der Waals surface area (Å²) in [6, 6.07) is 16.9. The number of rotatable bonds is 5. The molecule has 0 unspecified atom stereocenters. The largest absolute Gasteiger partial charge is 0.412 e. The lowest BCUT2D eigenvalue weighted by molar-refractivity contribution is 0.252. The third kappa shape index (κ3) is 4.42. The molecule has 4 N–H and O–H groups in total. The molecule has 0 spiro atoms. The minimum atomic E-state index is 0. The van der Waals surface area contributed by atoms with E-state index in [-0.39, 0.29) is 30.3 Å². The molecule has 8 heteroatoms. The number of halogens is 2. The third-order valence-electron chi connectivity index (χ3n) is 5.72. The number of aryl methyl sites for hydroxylation is 1. The standard InChI is InChI=1S/C22H25N5.2ClH.H2O/c1-26-20-10-5-2-7-16(20)17-15-27(14-11-21(17)26)13-6-12-23-22-24-18-8-3-4-9-19(18)25-22;;;/h2-5,7-10H,6,11-15H2,1H3,(H2,23,24,25);2*1H;1H2. The first-order valence-corrected chi connectivity index (χ1v) is 9.76. The molecule has 6 nitrogen and oxygen atoms in total. The van der Waals surface area contributed by atoms with Crippen LogP contribution in [-0.2, 0) is 20.0 Å². The van der Waals surface area contributed by atoms with Crippen molar-refractivity contribution < 1.29 is 5.48 Å². The zero-order valence-electron chi connectivity index (χ0n) is 17.0. The number of nitrogens with one attached hydrogen (secondary N) is 2. The van der Waals surface area contributed by atoms with E-state index in [4.69, 9.17) is 0 Å². The fraction of sp³-hybridized carbons (Fsp3) is 0.318. The van der Waals surface area contributed by atoms with Crippen molar-refractivity contribution in [2.45, 2.75) is 19.4 Å². The minimum absolute atomic E-state index is 0. The zero-order valence-corrected chi connectivity index (χ0v) is 18.7. The number of anilines is 1. The van der Waals surface area contributed by atoms with Crippen molar-refractivity contribution >= 4 is 52.7 Å². The molecule has 4 aromatic rings. The van der Waals surface area contributed by atoms with Crippen molar-refractivity contribution in [1.82, 2.24) is 19.4 Å². The van der Waals surface area contributed by atoms with Crippen LogP contribution < -0.4 is 5.32 Å². The molecule has 2 aromatic heterocycles. The molecule has 5 rings (SSSR count). The van der Waals surface area contributed by atoms with E-state index in [0.29, 0.717) is 0 Å². The van der Waals surface area contributed by atoms with E-state index >= 15 is 0 Å². The van der Waals surface area contributed by atoms with Gasteiger partial charge in [-0.15, -0.1) is 24.8 Å². The third-order valence-corrected chi connectivity index (χ3v) is 5.72. The van der Waals surface area contributed by atoms with E-state index in [2.05, 4.69) is 62.1 Å². The number of benzene rings is 2. The Kier molecular flexibility index (Phi) is 8.15. The summed E-state index contributed by atoms with van der Waals surface area (Å²) < 4.78 is 2.38. The van der Waals surface area contributed by atoms with E-state index in [1.54, 1.807) is 0 Å². The second-order valence-corrected chi connectivity index (χ2v) is 7.41. The van der Waals surface area contributed by atoms with E-state index in [1.807, 2.05) is 18.2 Å². The smallest absolute Gasteiger partial charge is 0.201 e. The topological polar surface area (TPSA) is 80.4 Å². The van der Waals surface area contributed by atoms with Crippen LogP contribution in [0.1, 0.15) is 17.7 Å². The Bertz CT molecular complexity index is 1070. The second kappa shape index (κ2) is 10.2. The molecule has 0 aliphatic carbocycles. The maximum atomic E-state index is 4.58. The maximum Gasteiger partial charge on any atom is 0.201 e. The molecule has 0 amide bonds. The number of H-pyrrole nitrogens is 1. The molecule has 162 valence electrons. The van der Waals surface area contributed by atoms with Crippen molar-refractivity contribution in [3.63, 3.8) is 0 Å². The Morgan fingerprint density at radius 1 is 1.07 bits per heavy atom. The van der Waals surface area contributed by atoms with Crippen LogP contribution in [0.2, 0.25) is 0 Å². The van der Waals surface area contributed by atoms with Gasteiger partial charge in [-0.25, -0.2) is 4.98 Å². The highest BCUT2D eigenvalue weighted by molar-refractivity contribution is 5.86. The van der Waals surface area contributed by atoms with E-state index in [9.17, 15) is 0 Å². The van der Waals surface area contributed by atoms with Gasteiger partial charge in [0.2, 0.25) is 5.95 Å². The van der Waals surface area contributed by atoms with Crippen molar-refractivity contribution in [3.05, 3.63) is 59.8 Å². The van der Waals surface area contributed by atoms with Gasteiger partial charge < -0.3 is 20.3 Å². The minimum Gasteiger partial charge on any atom is -0.412 e. The molecule has 0 atom stereocenters.